The van der Waals surface area contributed by atoms with Gasteiger partial charge in [-0.3, -0.25) is 4.79 Å². The van der Waals surface area contributed by atoms with Gasteiger partial charge in [-0.05, 0) is 48.9 Å². The first kappa shape index (κ1) is 25.7. The van der Waals surface area contributed by atoms with Crippen molar-refractivity contribution in [1.82, 2.24) is 29.5 Å². The Morgan fingerprint density at radius 3 is 2.46 bits per heavy atom. The summed E-state index contributed by atoms with van der Waals surface area (Å²) < 4.78 is 19.3. The van der Waals surface area contributed by atoms with Gasteiger partial charge in [-0.1, -0.05) is 17.7 Å². The van der Waals surface area contributed by atoms with E-state index in [4.69, 9.17) is 25.8 Å². The topological polar surface area (TPSA) is 118 Å². The third-order valence-electron chi connectivity index (χ3n) is 5.80. The van der Waals surface area contributed by atoms with Gasteiger partial charge < -0.3 is 19.5 Å². The molecule has 0 saturated carbocycles. The number of hydrogen-bond acceptors (Lipinski definition) is 8. The molecule has 0 aliphatic carbocycles. The molecule has 2 aromatic carbocycles. The Kier molecular flexibility index (Phi) is 7.15. The number of fused-ring (bicyclic) bond motifs is 1. The van der Waals surface area contributed by atoms with E-state index in [9.17, 15) is 4.79 Å². The van der Waals surface area contributed by atoms with Crippen LogP contribution in [0.4, 0.5) is 5.82 Å². The number of amides is 1. The fraction of sp³-hybridized carbons (Fsp3) is 0.148. The molecule has 0 aliphatic rings. The van der Waals surface area contributed by atoms with Crippen LogP contribution in [0.5, 0.6) is 17.2 Å². The molecule has 0 aliphatic heterocycles. The number of anilines is 1. The van der Waals surface area contributed by atoms with E-state index in [0.717, 1.165) is 5.69 Å². The molecule has 0 fully saturated rings. The molecule has 0 unspecified atom stereocenters. The Balaban J connectivity index is 1.45. The summed E-state index contributed by atoms with van der Waals surface area (Å²) >= 11 is 6.17. The summed E-state index contributed by atoms with van der Waals surface area (Å²) in [6, 6.07) is 12.5. The lowest BCUT2D eigenvalue weighted by atomic mass is 10.1. The van der Waals surface area contributed by atoms with E-state index in [1.807, 2.05) is 19.1 Å². The maximum absolute atomic E-state index is 12.9. The van der Waals surface area contributed by atoms with Crippen LogP contribution in [0.1, 0.15) is 11.3 Å². The highest BCUT2D eigenvalue weighted by Gasteiger charge is 2.18. The van der Waals surface area contributed by atoms with Crippen LogP contribution >= 0.6 is 11.6 Å². The third kappa shape index (κ3) is 5.12. The molecule has 1 amide bonds. The van der Waals surface area contributed by atoms with Gasteiger partial charge in [0.1, 0.15) is 12.1 Å². The molecule has 198 valence electrons. The van der Waals surface area contributed by atoms with Crippen molar-refractivity contribution in [2.45, 2.75) is 6.92 Å². The number of rotatable bonds is 8. The second-order valence-corrected chi connectivity index (χ2v) is 8.77. The minimum Gasteiger partial charge on any atom is -0.493 e. The number of ether oxygens (including phenoxy) is 3. The van der Waals surface area contributed by atoms with Gasteiger partial charge in [0.25, 0.3) is 0 Å². The average Bonchev–Trinajstić information content (AvgIpc) is 3.54. The largest absolute Gasteiger partial charge is 0.493 e. The smallest absolute Gasteiger partial charge is 0.249 e. The number of benzene rings is 2. The molecular formula is C27H24ClN7O4. The third-order valence-corrected chi connectivity index (χ3v) is 6.03. The zero-order valence-corrected chi connectivity index (χ0v) is 22.3. The number of carbonyl (C=O) groups excluding carboxylic acids is 1. The summed E-state index contributed by atoms with van der Waals surface area (Å²) in [5.41, 5.74) is 2.70. The second-order valence-electron chi connectivity index (χ2n) is 8.33. The molecular weight excluding hydrogens is 522 g/mol. The summed E-state index contributed by atoms with van der Waals surface area (Å²) in [6.45, 7) is 1.83. The highest BCUT2D eigenvalue weighted by Crippen LogP contribution is 2.38. The highest BCUT2D eigenvalue weighted by atomic mass is 35.5. The minimum atomic E-state index is -0.371. The number of hydrogen-bond donors (Lipinski definition) is 1. The lowest BCUT2D eigenvalue weighted by Gasteiger charge is -2.12. The maximum atomic E-state index is 12.9. The Bertz CT molecular complexity index is 1680. The SMILES string of the molecule is COc1cc(/C=C/C(=O)Nc2cc(C)nn2-c2ncnc3c2cnn3-c2cccc(Cl)c2)cc(OC)c1OC. The number of nitrogens with zero attached hydrogens (tertiary/aromatic N) is 6. The van der Waals surface area contributed by atoms with Gasteiger partial charge in [-0.25, -0.2) is 14.6 Å². The van der Waals surface area contributed by atoms with Gasteiger partial charge >= 0.3 is 0 Å². The molecule has 5 rings (SSSR count). The molecule has 0 atom stereocenters. The van der Waals surface area contributed by atoms with Crippen molar-refractivity contribution in [3.8, 4) is 28.8 Å². The highest BCUT2D eigenvalue weighted by molar-refractivity contribution is 6.30. The van der Waals surface area contributed by atoms with Crippen LogP contribution in [-0.2, 0) is 4.79 Å². The Labute approximate surface area is 228 Å². The molecule has 0 radical (unpaired) electrons. The van der Waals surface area contributed by atoms with E-state index >= 15 is 0 Å². The first-order valence-electron chi connectivity index (χ1n) is 11.7. The molecule has 0 bridgehead atoms. The summed E-state index contributed by atoms with van der Waals surface area (Å²) in [6.07, 6.45) is 6.12. The van der Waals surface area contributed by atoms with Crippen LogP contribution in [0, 0.1) is 6.92 Å². The van der Waals surface area contributed by atoms with Crippen LogP contribution < -0.4 is 19.5 Å². The van der Waals surface area contributed by atoms with Crippen molar-refractivity contribution in [2.24, 2.45) is 0 Å². The monoisotopic (exact) mass is 545 g/mol. The molecule has 5 aromatic rings. The molecule has 39 heavy (non-hydrogen) atoms. The van der Waals surface area contributed by atoms with Crippen molar-refractivity contribution in [3.05, 3.63) is 77.3 Å². The van der Waals surface area contributed by atoms with Crippen molar-refractivity contribution in [2.75, 3.05) is 26.6 Å². The fourth-order valence-electron chi connectivity index (χ4n) is 4.08. The quantitative estimate of drug-likeness (QED) is 0.280. The zero-order valence-electron chi connectivity index (χ0n) is 21.5. The van der Waals surface area contributed by atoms with Gasteiger partial charge in [-0.2, -0.15) is 14.9 Å². The first-order chi connectivity index (χ1) is 18.9. The standard InChI is InChI=1S/C27H24ClN7O4/c1-16-10-23(32-24(36)9-8-17-11-21(37-2)25(39-4)22(12-17)38-3)35(33-16)27-20-14-31-34(26(20)29-15-30-27)19-7-5-6-18(28)13-19/h5-15H,1-4H3,(H,32,36)/b9-8+. The summed E-state index contributed by atoms with van der Waals surface area (Å²) in [4.78, 5) is 21.8. The predicted octanol–water partition coefficient (Wildman–Crippen LogP) is 4.64. The number of halogens is 1. The maximum Gasteiger partial charge on any atom is 0.249 e. The van der Waals surface area contributed by atoms with Crippen molar-refractivity contribution in [3.63, 3.8) is 0 Å². The lowest BCUT2D eigenvalue weighted by Crippen LogP contribution is -2.13. The first-order valence-corrected chi connectivity index (χ1v) is 12.1. The number of carbonyl (C=O) groups is 1. The molecule has 11 nitrogen and oxygen atoms in total. The Morgan fingerprint density at radius 1 is 1.00 bits per heavy atom. The zero-order chi connectivity index (χ0) is 27.5. The van der Waals surface area contributed by atoms with Crippen molar-refractivity contribution in [1.29, 1.82) is 0 Å². The van der Waals surface area contributed by atoms with Crippen LogP contribution in [0.15, 0.2) is 61.1 Å². The van der Waals surface area contributed by atoms with E-state index in [2.05, 4.69) is 25.5 Å². The van der Waals surface area contributed by atoms with Crippen LogP contribution in [0.25, 0.3) is 28.6 Å². The second kappa shape index (κ2) is 10.8. The van der Waals surface area contributed by atoms with E-state index < -0.39 is 0 Å². The number of aryl methyl sites for hydroxylation is 1. The minimum absolute atomic E-state index is 0.371. The van der Waals surface area contributed by atoms with Crippen LogP contribution in [0.2, 0.25) is 5.02 Å². The fourth-order valence-corrected chi connectivity index (χ4v) is 4.27. The van der Waals surface area contributed by atoms with Gasteiger partial charge in [-0.15, -0.1) is 0 Å². The molecule has 0 saturated heterocycles. The summed E-state index contributed by atoms with van der Waals surface area (Å²) in [5.74, 6) is 1.96. The normalized spacial score (nSPS) is 11.2. The number of nitrogens with one attached hydrogen (secondary N) is 1. The molecule has 0 spiro atoms. The van der Waals surface area contributed by atoms with E-state index in [0.29, 0.717) is 56.2 Å². The molecule has 12 heteroatoms. The van der Waals surface area contributed by atoms with Gasteiger partial charge in [0.15, 0.2) is 23.0 Å². The number of methoxy groups -OCH3 is 3. The van der Waals surface area contributed by atoms with E-state index in [1.54, 1.807) is 52.0 Å². The van der Waals surface area contributed by atoms with Crippen molar-refractivity contribution >= 4 is 40.4 Å². The Morgan fingerprint density at radius 2 is 1.77 bits per heavy atom. The summed E-state index contributed by atoms with van der Waals surface area (Å²) in [7, 11) is 4.59. The average molecular weight is 546 g/mol. The number of aromatic nitrogens is 6. The Hall–Kier alpha value is -4.90. The van der Waals surface area contributed by atoms with Crippen LogP contribution in [-0.4, -0.2) is 56.8 Å². The van der Waals surface area contributed by atoms with E-state index in [1.165, 1.54) is 33.7 Å². The summed E-state index contributed by atoms with van der Waals surface area (Å²) in [5, 5.41) is 13.1. The van der Waals surface area contributed by atoms with Crippen molar-refractivity contribution < 1.29 is 19.0 Å². The molecule has 3 aromatic heterocycles. The van der Waals surface area contributed by atoms with Gasteiger partial charge in [0, 0.05) is 17.2 Å². The van der Waals surface area contributed by atoms with Gasteiger partial charge in [0.05, 0.1) is 44.3 Å². The predicted molar refractivity (Wildman–Crippen MR) is 147 cm³/mol. The molecule has 3 heterocycles. The van der Waals surface area contributed by atoms with E-state index in [-0.39, 0.29) is 5.91 Å². The van der Waals surface area contributed by atoms with Crippen LogP contribution in [0.3, 0.4) is 0 Å². The lowest BCUT2D eigenvalue weighted by molar-refractivity contribution is -0.111. The molecule has 1 N–H and O–H groups in total. The van der Waals surface area contributed by atoms with Gasteiger partial charge in [0.2, 0.25) is 11.7 Å².